The number of amides is 1. The van der Waals surface area contributed by atoms with Gasteiger partial charge < -0.3 is 9.64 Å². The van der Waals surface area contributed by atoms with Crippen LogP contribution in [-0.2, 0) is 11.2 Å². The Kier molecular flexibility index (Phi) is 3.91. The van der Waals surface area contributed by atoms with E-state index in [0.29, 0.717) is 0 Å². The van der Waals surface area contributed by atoms with Gasteiger partial charge in [-0.1, -0.05) is 48.5 Å². The molecular formula is C18H19NO2. The third kappa shape index (κ3) is 3.07. The number of rotatable bonds is 4. The molecule has 1 saturated heterocycles. The maximum atomic E-state index is 12.3. The lowest BCUT2D eigenvalue weighted by Gasteiger charge is -2.18. The number of likely N-dealkylation sites (N-methyl/N-ethyl adjacent to an activating group) is 1. The standard InChI is InChI=1S/C18H19NO2/c1-19-15(12-14-8-4-2-5-9-14)13-17(18(19)20)21-16-10-6-3-7-11-16/h2-11,15,17H,12-13H2,1H3/t15-,17?/m0/s1. The molecule has 1 aliphatic rings. The van der Waals surface area contributed by atoms with E-state index in [2.05, 4.69) is 12.1 Å². The Balaban J connectivity index is 1.67. The Morgan fingerprint density at radius 2 is 1.67 bits per heavy atom. The predicted octanol–water partition coefficient (Wildman–Crippen LogP) is 2.91. The lowest BCUT2D eigenvalue weighted by molar-refractivity contribution is -0.133. The van der Waals surface area contributed by atoms with Crippen LogP contribution in [0.25, 0.3) is 0 Å². The van der Waals surface area contributed by atoms with Gasteiger partial charge in [-0.05, 0) is 24.1 Å². The fraction of sp³-hybridized carbons (Fsp3) is 0.278. The first-order valence-corrected chi connectivity index (χ1v) is 7.26. The number of hydrogen-bond acceptors (Lipinski definition) is 2. The molecule has 3 nitrogen and oxygen atoms in total. The van der Waals surface area contributed by atoms with E-state index in [0.717, 1.165) is 18.6 Å². The van der Waals surface area contributed by atoms with Crippen LogP contribution in [0.5, 0.6) is 5.75 Å². The molecule has 0 aliphatic carbocycles. The third-order valence-corrected chi connectivity index (χ3v) is 3.99. The number of carbonyl (C=O) groups is 1. The van der Waals surface area contributed by atoms with Crippen LogP contribution < -0.4 is 4.74 Å². The van der Waals surface area contributed by atoms with Crippen molar-refractivity contribution in [3.8, 4) is 5.75 Å². The quantitative estimate of drug-likeness (QED) is 0.862. The number of para-hydroxylation sites is 1. The summed E-state index contributed by atoms with van der Waals surface area (Å²) < 4.78 is 5.83. The highest BCUT2D eigenvalue weighted by Crippen LogP contribution is 2.25. The minimum atomic E-state index is -0.369. The first kappa shape index (κ1) is 13.7. The SMILES string of the molecule is CN1C(=O)C(Oc2ccccc2)C[C@@H]1Cc1ccccc1. The van der Waals surface area contributed by atoms with Crippen LogP contribution >= 0.6 is 0 Å². The molecule has 3 heteroatoms. The van der Waals surface area contributed by atoms with Gasteiger partial charge in [0.2, 0.25) is 0 Å². The van der Waals surface area contributed by atoms with Gasteiger partial charge in [0.05, 0.1) is 0 Å². The number of nitrogens with zero attached hydrogens (tertiary/aromatic N) is 1. The van der Waals surface area contributed by atoms with Crippen LogP contribution in [0.2, 0.25) is 0 Å². The van der Waals surface area contributed by atoms with E-state index < -0.39 is 0 Å². The molecular weight excluding hydrogens is 262 g/mol. The van der Waals surface area contributed by atoms with Gasteiger partial charge in [0, 0.05) is 19.5 Å². The summed E-state index contributed by atoms with van der Waals surface area (Å²) in [7, 11) is 1.87. The van der Waals surface area contributed by atoms with Crippen molar-refractivity contribution in [2.75, 3.05) is 7.05 Å². The Morgan fingerprint density at radius 1 is 1.05 bits per heavy atom. The third-order valence-electron chi connectivity index (χ3n) is 3.99. The minimum absolute atomic E-state index is 0.0692. The molecule has 1 fully saturated rings. The average molecular weight is 281 g/mol. The Labute approximate surface area is 125 Å². The van der Waals surface area contributed by atoms with Gasteiger partial charge in [0.1, 0.15) is 5.75 Å². The van der Waals surface area contributed by atoms with Crippen LogP contribution in [0.4, 0.5) is 0 Å². The topological polar surface area (TPSA) is 29.5 Å². The normalized spacial score (nSPS) is 21.6. The highest BCUT2D eigenvalue weighted by molar-refractivity contribution is 5.83. The first-order valence-electron chi connectivity index (χ1n) is 7.26. The summed E-state index contributed by atoms with van der Waals surface area (Å²) in [6, 6.07) is 20.0. The predicted molar refractivity (Wildman–Crippen MR) is 82.2 cm³/mol. The second-order valence-corrected chi connectivity index (χ2v) is 5.45. The van der Waals surface area contributed by atoms with Crippen LogP contribution in [0.15, 0.2) is 60.7 Å². The monoisotopic (exact) mass is 281 g/mol. The molecule has 1 heterocycles. The van der Waals surface area contributed by atoms with Crippen LogP contribution in [-0.4, -0.2) is 30.0 Å². The van der Waals surface area contributed by atoms with Gasteiger partial charge in [-0.2, -0.15) is 0 Å². The zero-order valence-corrected chi connectivity index (χ0v) is 12.1. The maximum Gasteiger partial charge on any atom is 0.263 e. The number of hydrogen-bond donors (Lipinski definition) is 0. The summed E-state index contributed by atoms with van der Waals surface area (Å²) in [5.41, 5.74) is 1.25. The highest BCUT2D eigenvalue weighted by Gasteiger charge is 2.38. The first-order chi connectivity index (χ1) is 10.2. The zero-order chi connectivity index (χ0) is 14.7. The van der Waals surface area contributed by atoms with E-state index in [4.69, 9.17) is 4.74 Å². The van der Waals surface area contributed by atoms with Gasteiger partial charge in [-0.25, -0.2) is 0 Å². The zero-order valence-electron chi connectivity index (χ0n) is 12.1. The maximum absolute atomic E-state index is 12.3. The number of carbonyl (C=O) groups excluding carboxylic acids is 1. The fourth-order valence-electron chi connectivity index (χ4n) is 2.78. The molecule has 0 bridgehead atoms. The van der Waals surface area contributed by atoms with Crippen molar-refractivity contribution in [1.82, 2.24) is 4.90 Å². The summed E-state index contributed by atoms with van der Waals surface area (Å²) in [5.74, 6) is 0.824. The Morgan fingerprint density at radius 3 is 2.33 bits per heavy atom. The molecule has 0 spiro atoms. The summed E-state index contributed by atoms with van der Waals surface area (Å²) in [6.07, 6.45) is 1.24. The van der Waals surface area contributed by atoms with Crippen molar-refractivity contribution >= 4 is 5.91 Å². The van der Waals surface area contributed by atoms with Gasteiger partial charge in [0.25, 0.3) is 5.91 Å². The molecule has 0 radical (unpaired) electrons. The van der Waals surface area contributed by atoms with Crippen molar-refractivity contribution in [1.29, 1.82) is 0 Å². The lowest BCUT2D eigenvalue weighted by Crippen LogP contribution is -2.33. The van der Waals surface area contributed by atoms with Crippen molar-refractivity contribution in [3.63, 3.8) is 0 Å². The van der Waals surface area contributed by atoms with Gasteiger partial charge in [-0.15, -0.1) is 0 Å². The molecule has 1 amide bonds. The molecule has 3 rings (SSSR count). The van der Waals surface area contributed by atoms with E-state index in [1.54, 1.807) is 0 Å². The van der Waals surface area contributed by atoms with Crippen molar-refractivity contribution < 1.29 is 9.53 Å². The Bertz CT molecular complexity index is 597. The summed E-state index contributed by atoms with van der Waals surface area (Å²) in [5, 5.41) is 0. The molecule has 0 aromatic heterocycles. The number of benzene rings is 2. The summed E-state index contributed by atoms with van der Waals surface area (Å²) in [4.78, 5) is 14.1. The van der Waals surface area contributed by atoms with E-state index in [9.17, 15) is 4.79 Å². The number of likely N-dealkylation sites (tertiary alicyclic amines) is 1. The highest BCUT2D eigenvalue weighted by atomic mass is 16.5. The lowest BCUT2D eigenvalue weighted by atomic mass is 10.0. The molecule has 1 unspecified atom stereocenters. The van der Waals surface area contributed by atoms with Gasteiger partial charge in [-0.3, -0.25) is 4.79 Å². The molecule has 1 aliphatic heterocycles. The second kappa shape index (κ2) is 6.00. The average Bonchev–Trinajstić information content (AvgIpc) is 2.78. The molecule has 2 aromatic carbocycles. The smallest absolute Gasteiger partial charge is 0.263 e. The van der Waals surface area contributed by atoms with Gasteiger partial charge in [0.15, 0.2) is 6.10 Å². The fourth-order valence-corrected chi connectivity index (χ4v) is 2.78. The van der Waals surface area contributed by atoms with E-state index in [1.165, 1.54) is 5.56 Å². The second-order valence-electron chi connectivity index (χ2n) is 5.45. The molecule has 2 aromatic rings. The summed E-state index contributed by atoms with van der Waals surface area (Å²) >= 11 is 0. The molecule has 0 saturated carbocycles. The van der Waals surface area contributed by atoms with E-state index in [-0.39, 0.29) is 18.1 Å². The largest absolute Gasteiger partial charge is 0.481 e. The molecule has 2 atom stereocenters. The van der Waals surface area contributed by atoms with Crippen LogP contribution in [0.3, 0.4) is 0 Å². The van der Waals surface area contributed by atoms with Crippen molar-refractivity contribution in [2.45, 2.75) is 25.0 Å². The summed E-state index contributed by atoms with van der Waals surface area (Å²) in [6.45, 7) is 0. The van der Waals surface area contributed by atoms with Crippen LogP contribution in [0, 0.1) is 0 Å². The van der Waals surface area contributed by atoms with Gasteiger partial charge >= 0.3 is 0 Å². The Hall–Kier alpha value is -2.29. The van der Waals surface area contributed by atoms with E-state index in [1.807, 2.05) is 60.5 Å². The molecule has 21 heavy (non-hydrogen) atoms. The molecule has 108 valence electrons. The van der Waals surface area contributed by atoms with E-state index >= 15 is 0 Å². The number of ether oxygens (including phenoxy) is 1. The molecule has 0 N–H and O–H groups in total. The minimum Gasteiger partial charge on any atom is -0.481 e. The van der Waals surface area contributed by atoms with Crippen molar-refractivity contribution in [2.24, 2.45) is 0 Å². The van der Waals surface area contributed by atoms with Crippen LogP contribution in [0.1, 0.15) is 12.0 Å². The van der Waals surface area contributed by atoms with Crippen molar-refractivity contribution in [3.05, 3.63) is 66.2 Å².